The minimum atomic E-state index is 0.0757. The van der Waals surface area contributed by atoms with Crippen LogP contribution in [0.1, 0.15) is 32.0 Å². The van der Waals surface area contributed by atoms with Crippen molar-refractivity contribution in [3.05, 3.63) is 28.0 Å². The van der Waals surface area contributed by atoms with Crippen LogP contribution in [0, 0.1) is 0 Å². The average molecular weight is 258 g/mol. The van der Waals surface area contributed by atoms with Crippen LogP contribution in [0.5, 0.6) is 0 Å². The minimum absolute atomic E-state index is 0.0757. The first-order chi connectivity index (χ1) is 6.43. The molecule has 2 nitrogen and oxygen atoms in total. The molecule has 0 aliphatic carbocycles. The lowest BCUT2D eigenvalue weighted by atomic mass is 9.91. The van der Waals surface area contributed by atoms with Crippen molar-refractivity contribution in [3.8, 4) is 0 Å². The Hall–Kier alpha value is -0.410. The Morgan fingerprint density at radius 3 is 2.50 bits per heavy atom. The molecule has 0 N–H and O–H groups in total. The summed E-state index contributed by atoms with van der Waals surface area (Å²) >= 11 is 3.41. The molecule has 0 aromatic carbocycles. The summed E-state index contributed by atoms with van der Waals surface area (Å²) in [6.07, 6.45) is 0. The van der Waals surface area contributed by atoms with Gasteiger partial charge in [0.2, 0.25) is 0 Å². The van der Waals surface area contributed by atoms with Crippen LogP contribution in [0.4, 0.5) is 0 Å². The van der Waals surface area contributed by atoms with Crippen LogP contribution in [0.25, 0.3) is 0 Å². The molecule has 3 heteroatoms. The Morgan fingerprint density at radius 2 is 2.00 bits per heavy atom. The average Bonchev–Trinajstić information content (AvgIpc) is 2.02. The van der Waals surface area contributed by atoms with Gasteiger partial charge in [0.15, 0.2) is 0 Å². The molecule has 0 atom stereocenters. The second-order valence-corrected chi connectivity index (χ2v) is 5.18. The highest BCUT2D eigenvalue weighted by Crippen LogP contribution is 2.23. The van der Waals surface area contributed by atoms with E-state index in [4.69, 9.17) is 4.74 Å². The lowest BCUT2D eigenvalue weighted by molar-refractivity contribution is 0.184. The Bertz CT molecular complexity index is 318. The number of pyridine rings is 1. The van der Waals surface area contributed by atoms with Gasteiger partial charge >= 0.3 is 0 Å². The molecule has 0 saturated carbocycles. The van der Waals surface area contributed by atoms with E-state index < -0.39 is 0 Å². The maximum Gasteiger partial charge on any atom is 0.106 e. The molecule has 1 rings (SSSR count). The third kappa shape index (κ3) is 3.07. The van der Waals surface area contributed by atoms with Crippen molar-refractivity contribution in [2.45, 2.75) is 32.8 Å². The topological polar surface area (TPSA) is 22.1 Å². The standard InChI is InChI=1S/C11H16BrNO/c1-11(2,3)9-5-8(7-14-4)6-10(12)13-9/h5-6H,7H2,1-4H3. The third-order valence-corrected chi connectivity index (χ3v) is 2.34. The molecule has 0 bridgehead atoms. The van der Waals surface area contributed by atoms with Crippen LogP contribution in [0.2, 0.25) is 0 Å². The number of hydrogen-bond acceptors (Lipinski definition) is 2. The molecule has 1 heterocycles. The molecule has 0 fully saturated rings. The molecule has 0 radical (unpaired) electrons. The fourth-order valence-corrected chi connectivity index (χ4v) is 1.67. The van der Waals surface area contributed by atoms with Crippen LogP contribution in [-0.2, 0) is 16.8 Å². The summed E-state index contributed by atoms with van der Waals surface area (Å²) in [4.78, 5) is 4.45. The summed E-state index contributed by atoms with van der Waals surface area (Å²) in [5.41, 5.74) is 2.31. The zero-order chi connectivity index (χ0) is 10.8. The van der Waals surface area contributed by atoms with Crippen LogP contribution in [0.3, 0.4) is 0 Å². The van der Waals surface area contributed by atoms with E-state index in [1.165, 1.54) is 0 Å². The van der Waals surface area contributed by atoms with Gasteiger partial charge in [0.05, 0.1) is 6.61 Å². The molecule has 1 aromatic heterocycles. The first-order valence-corrected chi connectivity index (χ1v) is 5.38. The maximum absolute atomic E-state index is 5.10. The van der Waals surface area contributed by atoms with E-state index in [-0.39, 0.29) is 5.41 Å². The van der Waals surface area contributed by atoms with E-state index in [0.29, 0.717) is 6.61 Å². The number of rotatable bonds is 2. The van der Waals surface area contributed by atoms with Crippen molar-refractivity contribution in [2.24, 2.45) is 0 Å². The van der Waals surface area contributed by atoms with E-state index >= 15 is 0 Å². The van der Waals surface area contributed by atoms with E-state index in [0.717, 1.165) is 15.9 Å². The highest BCUT2D eigenvalue weighted by Gasteiger charge is 2.16. The van der Waals surface area contributed by atoms with Gasteiger partial charge in [-0.25, -0.2) is 4.98 Å². The second-order valence-electron chi connectivity index (χ2n) is 4.37. The number of ether oxygens (including phenoxy) is 1. The van der Waals surface area contributed by atoms with Gasteiger partial charge in [-0.3, -0.25) is 0 Å². The molecule has 1 aromatic rings. The van der Waals surface area contributed by atoms with Crippen LogP contribution in [0.15, 0.2) is 16.7 Å². The number of methoxy groups -OCH3 is 1. The Morgan fingerprint density at radius 1 is 1.36 bits per heavy atom. The van der Waals surface area contributed by atoms with Gasteiger partial charge in [0.1, 0.15) is 4.60 Å². The van der Waals surface area contributed by atoms with E-state index in [1.54, 1.807) is 7.11 Å². The number of hydrogen-bond donors (Lipinski definition) is 0. The van der Waals surface area contributed by atoms with E-state index in [2.05, 4.69) is 47.8 Å². The second kappa shape index (κ2) is 4.41. The fraction of sp³-hybridized carbons (Fsp3) is 0.545. The molecule has 78 valence electrons. The van der Waals surface area contributed by atoms with Gasteiger partial charge in [-0.05, 0) is 33.6 Å². The number of halogens is 1. The van der Waals surface area contributed by atoms with Gasteiger partial charge in [-0.2, -0.15) is 0 Å². The van der Waals surface area contributed by atoms with Gasteiger partial charge in [-0.15, -0.1) is 0 Å². The first kappa shape index (κ1) is 11.7. The molecule has 0 unspecified atom stereocenters. The Balaban J connectivity index is 3.07. The summed E-state index contributed by atoms with van der Waals surface area (Å²) < 4.78 is 5.97. The molecule has 0 aliphatic rings. The van der Waals surface area contributed by atoms with Crippen LogP contribution >= 0.6 is 15.9 Å². The SMILES string of the molecule is COCc1cc(Br)nc(C(C)(C)C)c1. The molecule has 0 saturated heterocycles. The summed E-state index contributed by atoms with van der Waals surface area (Å²) in [6.45, 7) is 7.08. The van der Waals surface area contributed by atoms with E-state index in [1.807, 2.05) is 6.07 Å². The van der Waals surface area contributed by atoms with Crippen LogP contribution in [-0.4, -0.2) is 12.1 Å². The van der Waals surface area contributed by atoms with E-state index in [9.17, 15) is 0 Å². The molecule has 14 heavy (non-hydrogen) atoms. The Labute approximate surface area is 93.8 Å². The molecule has 0 amide bonds. The number of nitrogens with zero attached hydrogens (tertiary/aromatic N) is 1. The van der Waals surface area contributed by atoms with Crippen molar-refractivity contribution in [1.29, 1.82) is 0 Å². The number of aromatic nitrogens is 1. The lowest BCUT2D eigenvalue weighted by Crippen LogP contribution is -2.14. The quantitative estimate of drug-likeness (QED) is 0.759. The van der Waals surface area contributed by atoms with Crippen molar-refractivity contribution >= 4 is 15.9 Å². The smallest absolute Gasteiger partial charge is 0.106 e. The summed E-state index contributed by atoms with van der Waals surface area (Å²) in [5.74, 6) is 0. The van der Waals surface area contributed by atoms with Gasteiger partial charge < -0.3 is 4.74 Å². The van der Waals surface area contributed by atoms with Crippen molar-refractivity contribution < 1.29 is 4.74 Å². The van der Waals surface area contributed by atoms with Crippen molar-refractivity contribution in [1.82, 2.24) is 4.98 Å². The third-order valence-electron chi connectivity index (χ3n) is 1.93. The zero-order valence-electron chi connectivity index (χ0n) is 9.10. The summed E-state index contributed by atoms with van der Waals surface area (Å²) in [5, 5.41) is 0. The normalized spacial score (nSPS) is 11.8. The van der Waals surface area contributed by atoms with Crippen molar-refractivity contribution in [2.75, 3.05) is 7.11 Å². The van der Waals surface area contributed by atoms with Gasteiger partial charge in [0.25, 0.3) is 0 Å². The highest BCUT2D eigenvalue weighted by molar-refractivity contribution is 9.10. The predicted molar refractivity (Wildman–Crippen MR) is 61.4 cm³/mol. The van der Waals surface area contributed by atoms with Gasteiger partial charge in [0, 0.05) is 18.2 Å². The molecule has 0 aliphatic heterocycles. The van der Waals surface area contributed by atoms with Gasteiger partial charge in [-0.1, -0.05) is 20.8 Å². The largest absolute Gasteiger partial charge is 0.380 e. The fourth-order valence-electron chi connectivity index (χ4n) is 1.18. The summed E-state index contributed by atoms with van der Waals surface area (Å²) in [7, 11) is 1.70. The zero-order valence-corrected chi connectivity index (χ0v) is 10.7. The monoisotopic (exact) mass is 257 g/mol. The first-order valence-electron chi connectivity index (χ1n) is 4.59. The molecular weight excluding hydrogens is 242 g/mol. The predicted octanol–water partition coefficient (Wildman–Crippen LogP) is 3.29. The molecule has 0 spiro atoms. The lowest BCUT2D eigenvalue weighted by Gasteiger charge is -2.18. The highest BCUT2D eigenvalue weighted by atomic mass is 79.9. The Kier molecular flexibility index (Phi) is 3.67. The summed E-state index contributed by atoms with van der Waals surface area (Å²) in [6, 6.07) is 4.08. The maximum atomic E-state index is 5.10. The van der Waals surface area contributed by atoms with Crippen molar-refractivity contribution in [3.63, 3.8) is 0 Å². The minimum Gasteiger partial charge on any atom is -0.380 e. The molecular formula is C11H16BrNO. The van der Waals surface area contributed by atoms with Crippen LogP contribution < -0.4 is 0 Å².